The van der Waals surface area contributed by atoms with Crippen LogP contribution in [0.3, 0.4) is 0 Å². The minimum Gasteiger partial charge on any atom is -0.315 e. The normalized spacial score (nSPS) is 17.9. The van der Waals surface area contributed by atoms with E-state index >= 15 is 0 Å². The van der Waals surface area contributed by atoms with Gasteiger partial charge in [0.15, 0.2) is 0 Å². The van der Waals surface area contributed by atoms with Crippen molar-refractivity contribution in [2.75, 3.05) is 32.7 Å². The second-order valence-corrected chi connectivity index (χ2v) is 5.59. The smallest absolute Gasteiger partial charge is 0.0107 e. The molecule has 0 unspecified atom stereocenters. The lowest BCUT2D eigenvalue weighted by molar-refractivity contribution is 0.296. The average Bonchev–Trinajstić information content (AvgIpc) is 2.65. The fourth-order valence-corrected chi connectivity index (χ4v) is 2.48. The zero-order chi connectivity index (χ0) is 12.8. The Morgan fingerprint density at radius 2 is 1.89 bits per heavy atom. The van der Waals surface area contributed by atoms with E-state index in [1.807, 2.05) is 0 Å². The first kappa shape index (κ1) is 13.6. The summed E-state index contributed by atoms with van der Waals surface area (Å²) >= 11 is 0. The van der Waals surface area contributed by atoms with Gasteiger partial charge in [-0.2, -0.15) is 0 Å². The van der Waals surface area contributed by atoms with Crippen molar-refractivity contribution in [1.29, 1.82) is 0 Å². The van der Waals surface area contributed by atoms with Crippen LogP contribution in [0.4, 0.5) is 0 Å². The Balaban J connectivity index is 1.81. The van der Waals surface area contributed by atoms with Gasteiger partial charge >= 0.3 is 0 Å². The highest BCUT2D eigenvalue weighted by Gasteiger charge is 2.08. The van der Waals surface area contributed by atoms with E-state index in [9.17, 15) is 0 Å². The van der Waals surface area contributed by atoms with E-state index in [1.165, 1.54) is 50.1 Å². The quantitative estimate of drug-likeness (QED) is 0.878. The average molecular weight is 246 g/mol. The minimum atomic E-state index is 0.635. The molecule has 2 nitrogen and oxygen atoms in total. The fourth-order valence-electron chi connectivity index (χ4n) is 2.48. The van der Waals surface area contributed by atoms with E-state index in [0.29, 0.717) is 5.92 Å². The van der Waals surface area contributed by atoms with Gasteiger partial charge in [0.25, 0.3) is 0 Å². The van der Waals surface area contributed by atoms with E-state index in [0.717, 1.165) is 6.54 Å². The standard InChI is InChI=1S/C16H26N2/c1-14(2)16-6-4-15(5-7-16)8-12-18-11-3-9-17-10-13-18/h4-7,14,17H,3,8-13H2,1-2H3. The Morgan fingerprint density at radius 1 is 1.11 bits per heavy atom. The molecular formula is C16H26N2. The molecule has 100 valence electrons. The molecule has 0 amide bonds. The highest BCUT2D eigenvalue weighted by molar-refractivity contribution is 5.24. The van der Waals surface area contributed by atoms with Crippen LogP contribution >= 0.6 is 0 Å². The first-order chi connectivity index (χ1) is 8.75. The van der Waals surface area contributed by atoms with Crippen LogP contribution in [0.25, 0.3) is 0 Å². The Labute approximate surface area is 111 Å². The molecule has 0 bridgehead atoms. The molecule has 0 saturated carbocycles. The third kappa shape index (κ3) is 4.11. The molecule has 2 heteroatoms. The largest absolute Gasteiger partial charge is 0.315 e. The molecule has 1 fully saturated rings. The summed E-state index contributed by atoms with van der Waals surface area (Å²) in [6.07, 6.45) is 2.46. The molecule has 0 aliphatic carbocycles. The van der Waals surface area contributed by atoms with Gasteiger partial charge in [-0.15, -0.1) is 0 Å². The summed E-state index contributed by atoms with van der Waals surface area (Å²) in [5.74, 6) is 0.635. The summed E-state index contributed by atoms with van der Waals surface area (Å²) in [7, 11) is 0. The third-order valence-corrected chi connectivity index (χ3v) is 3.80. The highest BCUT2D eigenvalue weighted by Crippen LogP contribution is 2.15. The maximum absolute atomic E-state index is 3.45. The third-order valence-electron chi connectivity index (χ3n) is 3.80. The van der Waals surface area contributed by atoms with Crippen molar-refractivity contribution in [1.82, 2.24) is 10.2 Å². The predicted molar refractivity (Wildman–Crippen MR) is 78.2 cm³/mol. The van der Waals surface area contributed by atoms with Gasteiger partial charge in [0.05, 0.1) is 0 Å². The van der Waals surface area contributed by atoms with E-state index in [4.69, 9.17) is 0 Å². The highest BCUT2D eigenvalue weighted by atomic mass is 15.1. The van der Waals surface area contributed by atoms with Crippen LogP contribution in [0.5, 0.6) is 0 Å². The van der Waals surface area contributed by atoms with Crippen molar-refractivity contribution in [2.24, 2.45) is 0 Å². The Bertz CT molecular complexity index is 335. The van der Waals surface area contributed by atoms with Crippen molar-refractivity contribution >= 4 is 0 Å². The van der Waals surface area contributed by atoms with Gasteiger partial charge in [0, 0.05) is 19.6 Å². The van der Waals surface area contributed by atoms with Crippen LogP contribution in [-0.4, -0.2) is 37.6 Å². The zero-order valence-electron chi connectivity index (χ0n) is 11.8. The second-order valence-electron chi connectivity index (χ2n) is 5.59. The van der Waals surface area contributed by atoms with Gasteiger partial charge in [0.1, 0.15) is 0 Å². The van der Waals surface area contributed by atoms with Crippen molar-refractivity contribution in [3.05, 3.63) is 35.4 Å². The van der Waals surface area contributed by atoms with Crippen LogP contribution in [0.15, 0.2) is 24.3 Å². The molecule has 1 heterocycles. The first-order valence-electron chi connectivity index (χ1n) is 7.27. The fraction of sp³-hybridized carbons (Fsp3) is 0.625. The molecule has 0 radical (unpaired) electrons. The Kier molecular flexibility index (Phi) is 5.21. The summed E-state index contributed by atoms with van der Waals surface area (Å²) < 4.78 is 0. The van der Waals surface area contributed by atoms with Gasteiger partial charge in [-0.1, -0.05) is 38.1 Å². The van der Waals surface area contributed by atoms with Gasteiger partial charge in [0.2, 0.25) is 0 Å². The lowest BCUT2D eigenvalue weighted by Crippen LogP contribution is -2.30. The maximum Gasteiger partial charge on any atom is 0.0107 e. The molecule has 1 aliphatic rings. The van der Waals surface area contributed by atoms with Crippen LogP contribution in [0.2, 0.25) is 0 Å². The number of hydrogen-bond acceptors (Lipinski definition) is 2. The number of nitrogens with one attached hydrogen (secondary N) is 1. The number of benzene rings is 1. The zero-order valence-corrected chi connectivity index (χ0v) is 11.8. The van der Waals surface area contributed by atoms with Crippen LogP contribution < -0.4 is 5.32 Å². The van der Waals surface area contributed by atoms with Crippen LogP contribution in [-0.2, 0) is 6.42 Å². The van der Waals surface area contributed by atoms with Gasteiger partial charge in [-0.05, 0) is 43.0 Å². The predicted octanol–water partition coefficient (Wildman–Crippen LogP) is 2.65. The molecule has 0 atom stereocenters. The second kappa shape index (κ2) is 6.91. The molecule has 0 aromatic heterocycles. The summed E-state index contributed by atoms with van der Waals surface area (Å²) in [6, 6.07) is 9.16. The maximum atomic E-state index is 3.45. The lowest BCUT2D eigenvalue weighted by atomic mass is 10.0. The molecule has 1 aromatic rings. The topological polar surface area (TPSA) is 15.3 Å². The lowest BCUT2D eigenvalue weighted by Gasteiger charge is -2.19. The molecule has 1 N–H and O–H groups in total. The van der Waals surface area contributed by atoms with Crippen LogP contribution in [0.1, 0.15) is 37.3 Å². The van der Waals surface area contributed by atoms with E-state index in [-0.39, 0.29) is 0 Å². The van der Waals surface area contributed by atoms with Gasteiger partial charge in [-0.3, -0.25) is 0 Å². The summed E-state index contributed by atoms with van der Waals surface area (Å²) in [4.78, 5) is 2.58. The number of nitrogens with zero attached hydrogens (tertiary/aromatic N) is 1. The van der Waals surface area contributed by atoms with Crippen LogP contribution in [0, 0.1) is 0 Å². The summed E-state index contributed by atoms with van der Waals surface area (Å²) in [5.41, 5.74) is 2.91. The van der Waals surface area contributed by atoms with Crippen molar-refractivity contribution in [3.63, 3.8) is 0 Å². The molecule has 1 aromatic carbocycles. The van der Waals surface area contributed by atoms with Crippen molar-refractivity contribution < 1.29 is 0 Å². The summed E-state index contributed by atoms with van der Waals surface area (Å²) in [5, 5.41) is 3.45. The minimum absolute atomic E-state index is 0.635. The molecule has 1 saturated heterocycles. The number of hydrogen-bond donors (Lipinski definition) is 1. The van der Waals surface area contributed by atoms with Gasteiger partial charge in [-0.25, -0.2) is 0 Å². The van der Waals surface area contributed by atoms with Crippen molar-refractivity contribution in [2.45, 2.75) is 32.6 Å². The summed E-state index contributed by atoms with van der Waals surface area (Å²) in [6.45, 7) is 10.5. The van der Waals surface area contributed by atoms with E-state index < -0.39 is 0 Å². The van der Waals surface area contributed by atoms with Gasteiger partial charge < -0.3 is 10.2 Å². The monoisotopic (exact) mass is 246 g/mol. The van der Waals surface area contributed by atoms with Crippen molar-refractivity contribution in [3.8, 4) is 0 Å². The first-order valence-corrected chi connectivity index (χ1v) is 7.27. The Morgan fingerprint density at radius 3 is 2.61 bits per heavy atom. The molecule has 1 aliphatic heterocycles. The van der Waals surface area contributed by atoms with E-state index in [1.54, 1.807) is 0 Å². The number of rotatable bonds is 4. The SMILES string of the molecule is CC(C)c1ccc(CCN2CCCNCC2)cc1. The molecule has 2 rings (SSSR count). The van der Waals surface area contributed by atoms with E-state index in [2.05, 4.69) is 48.3 Å². The molecule has 18 heavy (non-hydrogen) atoms. The molecule has 0 spiro atoms. The molecular weight excluding hydrogens is 220 g/mol. The Hall–Kier alpha value is -0.860.